The van der Waals surface area contributed by atoms with E-state index in [1.807, 2.05) is 12.4 Å². The van der Waals surface area contributed by atoms with Crippen LogP contribution < -0.4 is 15.1 Å². The van der Waals surface area contributed by atoms with Crippen LogP contribution in [0.3, 0.4) is 0 Å². The van der Waals surface area contributed by atoms with Crippen LogP contribution in [0.1, 0.15) is 37.8 Å². The van der Waals surface area contributed by atoms with Crippen LogP contribution >= 0.6 is 0 Å². The molecule has 2 aliphatic heterocycles. The van der Waals surface area contributed by atoms with E-state index in [2.05, 4.69) is 44.1 Å². The Hall–Kier alpha value is -2.41. The molecule has 0 radical (unpaired) electrons. The van der Waals surface area contributed by atoms with Crippen LogP contribution in [0, 0.1) is 11.8 Å². The van der Waals surface area contributed by atoms with Gasteiger partial charge in [-0.1, -0.05) is 0 Å². The van der Waals surface area contributed by atoms with E-state index in [0.29, 0.717) is 5.92 Å². The standard InChI is InChI=1S/C22H28N6O/c1-14-11-27(4-5-29-14)18-7-20(25-21-10-23-19(9-24-21)15-2-3-15)26-22(8-18)28-12-16-6-17(16)13-28/h7-10,14-17H,2-6,11-13H2,1H3,(H,24,25,26)/t14-,16?,17?/m0/s1. The summed E-state index contributed by atoms with van der Waals surface area (Å²) in [6.07, 6.45) is 7.86. The lowest BCUT2D eigenvalue weighted by atomic mass is 10.2. The highest BCUT2D eigenvalue weighted by Gasteiger charge is 2.45. The maximum Gasteiger partial charge on any atom is 0.150 e. The van der Waals surface area contributed by atoms with E-state index in [1.54, 1.807) is 0 Å². The first-order valence-electron chi connectivity index (χ1n) is 10.9. The number of ether oxygens (including phenoxy) is 1. The molecule has 4 heterocycles. The topological polar surface area (TPSA) is 66.4 Å². The molecule has 29 heavy (non-hydrogen) atoms. The number of anilines is 4. The quantitative estimate of drug-likeness (QED) is 0.838. The van der Waals surface area contributed by atoms with E-state index in [-0.39, 0.29) is 6.10 Å². The summed E-state index contributed by atoms with van der Waals surface area (Å²) in [4.78, 5) is 18.9. The summed E-state index contributed by atoms with van der Waals surface area (Å²) in [6.45, 7) is 6.99. The summed E-state index contributed by atoms with van der Waals surface area (Å²) >= 11 is 0. The molecule has 4 fully saturated rings. The summed E-state index contributed by atoms with van der Waals surface area (Å²) in [5.74, 6) is 5.03. The number of rotatable bonds is 5. The van der Waals surface area contributed by atoms with E-state index in [4.69, 9.17) is 9.72 Å². The fourth-order valence-electron chi connectivity index (χ4n) is 4.67. The zero-order chi connectivity index (χ0) is 19.4. The highest BCUT2D eigenvalue weighted by Crippen LogP contribution is 2.46. The zero-order valence-electron chi connectivity index (χ0n) is 16.9. The molecule has 7 nitrogen and oxygen atoms in total. The number of nitrogens with zero attached hydrogens (tertiary/aromatic N) is 5. The van der Waals surface area contributed by atoms with Gasteiger partial charge in [0.05, 0.1) is 30.8 Å². The number of morpholine rings is 1. The molecule has 1 N–H and O–H groups in total. The van der Waals surface area contributed by atoms with Gasteiger partial charge in [-0.25, -0.2) is 9.97 Å². The number of aromatic nitrogens is 3. The van der Waals surface area contributed by atoms with E-state index in [0.717, 1.165) is 67.8 Å². The lowest BCUT2D eigenvalue weighted by molar-refractivity contribution is 0.0532. The third kappa shape index (κ3) is 3.64. The molecule has 2 unspecified atom stereocenters. The molecule has 2 aliphatic carbocycles. The second-order valence-electron chi connectivity index (χ2n) is 9.08. The Morgan fingerprint density at radius 2 is 1.86 bits per heavy atom. The predicted octanol–water partition coefficient (Wildman–Crippen LogP) is 3.17. The van der Waals surface area contributed by atoms with Crippen LogP contribution in [0.25, 0.3) is 0 Å². The monoisotopic (exact) mass is 392 g/mol. The summed E-state index contributed by atoms with van der Waals surface area (Å²) < 4.78 is 5.74. The molecular formula is C22H28N6O. The smallest absolute Gasteiger partial charge is 0.150 e. The predicted molar refractivity (Wildman–Crippen MR) is 113 cm³/mol. The Balaban J connectivity index is 1.28. The number of piperidine rings is 1. The largest absolute Gasteiger partial charge is 0.375 e. The molecule has 6 rings (SSSR count). The van der Waals surface area contributed by atoms with Crippen molar-refractivity contribution in [1.82, 2.24) is 15.0 Å². The minimum absolute atomic E-state index is 0.247. The minimum Gasteiger partial charge on any atom is -0.375 e. The van der Waals surface area contributed by atoms with Gasteiger partial charge >= 0.3 is 0 Å². The normalized spacial score (nSPS) is 28.4. The van der Waals surface area contributed by atoms with E-state index >= 15 is 0 Å². The molecule has 2 saturated carbocycles. The van der Waals surface area contributed by atoms with Crippen molar-refractivity contribution in [2.45, 2.75) is 38.2 Å². The Morgan fingerprint density at radius 1 is 1.00 bits per heavy atom. The van der Waals surface area contributed by atoms with Gasteiger partial charge in [-0.15, -0.1) is 0 Å². The highest BCUT2D eigenvalue weighted by molar-refractivity contribution is 5.66. The van der Waals surface area contributed by atoms with Crippen LogP contribution in [0.15, 0.2) is 24.5 Å². The SMILES string of the molecule is C[C@H]1CN(c2cc(Nc3cnc(C4CC4)cn3)nc(N3CC4CC4C3)c2)CCO1. The number of fused-ring (bicyclic) bond motifs is 1. The van der Waals surface area contributed by atoms with Crippen LogP contribution in [0.2, 0.25) is 0 Å². The fraction of sp³-hybridized carbons (Fsp3) is 0.591. The Morgan fingerprint density at radius 3 is 2.59 bits per heavy atom. The van der Waals surface area contributed by atoms with Crippen LogP contribution in [-0.2, 0) is 4.74 Å². The molecule has 0 amide bonds. The second kappa shape index (κ2) is 6.83. The molecule has 0 spiro atoms. The third-order valence-corrected chi connectivity index (χ3v) is 6.63. The van der Waals surface area contributed by atoms with Gasteiger partial charge in [0.2, 0.25) is 0 Å². The molecule has 152 valence electrons. The number of hydrogen-bond acceptors (Lipinski definition) is 7. The van der Waals surface area contributed by atoms with Crippen molar-refractivity contribution in [2.75, 3.05) is 47.9 Å². The number of hydrogen-bond donors (Lipinski definition) is 1. The van der Waals surface area contributed by atoms with Crippen molar-refractivity contribution >= 4 is 23.1 Å². The molecule has 7 heteroatoms. The Bertz CT molecular complexity index is 889. The van der Waals surface area contributed by atoms with E-state index in [1.165, 1.54) is 24.9 Å². The van der Waals surface area contributed by atoms with Crippen molar-refractivity contribution in [3.63, 3.8) is 0 Å². The molecule has 2 aromatic rings. The van der Waals surface area contributed by atoms with Crippen molar-refractivity contribution in [3.8, 4) is 0 Å². The van der Waals surface area contributed by atoms with Gasteiger partial charge in [0.15, 0.2) is 0 Å². The summed E-state index contributed by atoms with van der Waals surface area (Å²) in [5.41, 5.74) is 2.31. The first-order valence-corrected chi connectivity index (χ1v) is 10.9. The second-order valence-corrected chi connectivity index (χ2v) is 9.08. The van der Waals surface area contributed by atoms with Crippen molar-refractivity contribution in [2.24, 2.45) is 11.8 Å². The summed E-state index contributed by atoms with van der Waals surface area (Å²) in [5, 5.41) is 3.40. The average molecular weight is 393 g/mol. The van der Waals surface area contributed by atoms with E-state index < -0.39 is 0 Å². The van der Waals surface area contributed by atoms with Gasteiger partial charge in [0.1, 0.15) is 17.5 Å². The third-order valence-electron chi connectivity index (χ3n) is 6.63. The first-order chi connectivity index (χ1) is 14.2. The van der Waals surface area contributed by atoms with Gasteiger partial charge in [-0.2, -0.15) is 0 Å². The van der Waals surface area contributed by atoms with Crippen LogP contribution in [-0.4, -0.2) is 53.8 Å². The lowest BCUT2D eigenvalue weighted by Gasteiger charge is -2.33. The number of pyridine rings is 1. The molecule has 4 aliphatic rings. The van der Waals surface area contributed by atoms with Gasteiger partial charge in [0.25, 0.3) is 0 Å². The fourth-order valence-corrected chi connectivity index (χ4v) is 4.67. The zero-order valence-corrected chi connectivity index (χ0v) is 16.9. The maximum atomic E-state index is 5.74. The summed E-state index contributed by atoms with van der Waals surface area (Å²) in [7, 11) is 0. The highest BCUT2D eigenvalue weighted by atomic mass is 16.5. The van der Waals surface area contributed by atoms with Crippen molar-refractivity contribution in [1.29, 1.82) is 0 Å². The molecule has 0 bridgehead atoms. The van der Waals surface area contributed by atoms with Crippen LogP contribution in [0.4, 0.5) is 23.1 Å². The van der Waals surface area contributed by atoms with Gasteiger partial charge in [-0.05, 0) is 38.0 Å². The molecule has 2 saturated heterocycles. The summed E-state index contributed by atoms with van der Waals surface area (Å²) in [6, 6.07) is 4.38. The van der Waals surface area contributed by atoms with Crippen molar-refractivity contribution in [3.05, 3.63) is 30.2 Å². The molecule has 3 atom stereocenters. The average Bonchev–Trinajstić information content (AvgIpc) is 3.67. The van der Waals surface area contributed by atoms with E-state index in [9.17, 15) is 0 Å². The number of nitrogens with one attached hydrogen (secondary N) is 1. The first kappa shape index (κ1) is 17.4. The molecule has 2 aromatic heterocycles. The van der Waals surface area contributed by atoms with Gasteiger partial charge < -0.3 is 19.9 Å². The van der Waals surface area contributed by atoms with Gasteiger partial charge in [-0.3, -0.25) is 4.98 Å². The molecule has 0 aromatic carbocycles. The lowest BCUT2D eigenvalue weighted by Crippen LogP contribution is -2.41. The Kier molecular flexibility index (Phi) is 4.11. The molecular weight excluding hydrogens is 364 g/mol. The van der Waals surface area contributed by atoms with Crippen molar-refractivity contribution < 1.29 is 4.74 Å². The van der Waals surface area contributed by atoms with Gasteiger partial charge in [0, 0.05) is 49.9 Å². The minimum atomic E-state index is 0.247. The van der Waals surface area contributed by atoms with Crippen LogP contribution in [0.5, 0.6) is 0 Å². The Labute approximate surface area is 171 Å². The maximum absolute atomic E-state index is 5.74.